The first-order valence-corrected chi connectivity index (χ1v) is 7.33. The van der Waals surface area contributed by atoms with Crippen LogP contribution in [0.1, 0.15) is 31.9 Å². The van der Waals surface area contributed by atoms with Crippen LogP contribution in [0.15, 0.2) is 30.3 Å². The van der Waals surface area contributed by atoms with E-state index in [1.165, 1.54) is 0 Å². The van der Waals surface area contributed by atoms with Crippen molar-refractivity contribution in [3.05, 3.63) is 35.9 Å². The molecule has 0 fully saturated rings. The van der Waals surface area contributed by atoms with Crippen molar-refractivity contribution in [2.24, 2.45) is 5.92 Å². The predicted octanol–water partition coefficient (Wildman–Crippen LogP) is 3.12. The van der Waals surface area contributed by atoms with Gasteiger partial charge in [0, 0.05) is 5.75 Å². The van der Waals surface area contributed by atoms with Crippen molar-refractivity contribution in [1.82, 2.24) is 5.32 Å². The van der Waals surface area contributed by atoms with Gasteiger partial charge in [-0.2, -0.15) is 25.3 Å². The van der Waals surface area contributed by atoms with E-state index in [0.717, 1.165) is 12.0 Å². The topological polar surface area (TPSA) is 29.1 Å². The molecule has 0 radical (unpaired) electrons. The summed E-state index contributed by atoms with van der Waals surface area (Å²) in [5, 5.41) is 2.74. The molecule has 0 saturated heterocycles. The molecule has 0 heterocycles. The van der Waals surface area contributed by atoms with Gasteiger partial charge in [-0.1, -0.05) is 44.2 Å². The number of hydrogen-bond donors (Lipinski definition) is 3. The molecule has 4 heteroatoms. The van der Waals surface area contributed by atoms with Crippen LogP contribution in [-0.4, -0.2) is 16.9 Å². The number of carbonyl (C=O) groups excluding carboxylic acids is 1. The van der Waals surface area contributed by atoms with Crippen LogP contribution >= 0.6 is 25.3 Å². The van der Waals surface area contributed by atoms with E-state index in [4.69, 9.17) is 0 Å². The second-order valence-electron chi connectivity index (χ2n) is 4.80. The van der Waals surface area contributed by atoms with Gasteiger partial charge in [-0.25, -0.2) is 0 Å². The molecule has 0 aromatic heterocycles. The molecule has 1 N–H and O–H groups in total. The number of benzene rings is 1. The molecule has 18 heavy (non-hydrogen) atoms. The Labute approximate surface area is 120 Å². The van der Waals surface area contributed by atoms with Gasteiger partial charge in [0.25, 0.3) is 0 Å². The Hall–Kier alpha value is -0.610. The highest BCUT2D eigenvalue weighted by Crippen LogP contribution is 2.16. The largest absolute Gasteiger partial charge is 0.348 e. The highest BCUT2D eigenvalue weighted by atomic mass is 32.1. The van der Waals surface area contributed by atoms with Gasteiger partial charge in [0.15, 0.2) is 0 Å². The summed E-state index contributed by atoms with van der Waals surface area (Å²) in [7, 11) is 0. The Morgan fingerprint density at radius 3 is 2.39 bits per heavy atom. The number of thiol groups is 2. The SMILES string of the molecule is CC(C)C[C@@H](S)C(=O)N[C@H](CS)c1ccccc1. The normalized spacial score (nSPS) is 14.3. The fourth-order valence-corrected chi connectivity index (χ4v) is 2.54. The first-order valence-electron chi connectivity index (χ1n) is 6.18. The Morgan fingerprint density at radius 2 is 1.89 bits per heavy atom. The Balaban J connectivity index is 2.61. The van der Waals surface area contributed by atoms with Crippen LogP contribution in [-0.2, 0) is 4.79 Å². The van der Waals surface area contributed by atoms with E-state index in [0.29, 0.717) is 11.7 Å². The lowest BCUT2D eigenvalue weighted by Crippen LogP contribution is -2.36. The highest BCUT2D eigenvalue weighted by Gasteiger charge is 2.19. The van der Waals surface area contributed by atoms with Gasteiger partial charge in [0.2, 0.25) is 5.91 Å². The molecule has 1 rings (SSSR count). The summed E-state index contributed by atoms with van der Waals surface area (Å²) in [6.45, 7) is 4.17. The maximum absolute atomic E-state index is 12.0. The summed E-state index contributed by atoms with van der Waals surface area (Å²) in [5.41, 5.74) is 1.07. The van der Waals surface area contributed by atoms with Crippen molar-refractivity contribution in [3.8, 4) is 0 Å². The maximum atomic E-state index is 12.0. The molecular formula is C14H21NOS2. The number of nitrogens with one attached hydrogen (secondary N) is 1. The fourth-order valence-electron chi connectivity index (χ4n) is 1.74. The van der Waals surface area contributed by atoms with Crippen LogP contribution < -0.4 is 5.32 Å². The van der Waals surface area contributed by atoms with Crippen LogP contribution in [0.3, 0.4) is 0 Å². The number of amides is 1. The van der Waals surface area contributed by atoms with Gasteiger partial charge < -0.3 is 5.32 Å². The minimum atomic E-state index is -0.254. The predicted molar refractivity (Wildman–Crippen MR) is 83.4 cm³/mol. The minimum absolute atomic E-state index is 0.0186. The number of carbonyl (C=O) groups is 1. The van der Waals surface area contributed by atoms with E-state index in [9.17, 15) is 4.79 Å². The zero-order valence-electron chi connectivity index (χ0n) is 10.8. The third kappa shape index (κ3) is 4.94. The highest BCUT2D eigenvalue weighted by molar-refractivity contribution is 7.81. The lowest BCUT2D eigenvalue weighted by atomic mass is 10.1. The first kappa shape index (κ1) is 15.4. The maximum Gasteiger partial charge on any atom is 0.233 e. The van der Waals surface area contributed by atoms with Crippen molar-refractivity contribution in [1.29, 1.82) is 0 Å². The summed E-state index contributed by atoms with van der Waals surface area (Å²) in [4.78, 5) is 12.0. The molecule has 0 aliphatic carbocycles. The third-order valence-electron chi connectivity index (χ3n) is 2.70. The monoisotopic (exact) mass is 283 g/mol. The molecule has 0 bridgehead atoms. The van der Waals surface area contributed by atoms with E-state index in [2.05, 4.69) is 44.4 Å². The third-order valence-corrected chi connectivity index (χ3v) is 3.51. The molecule has 2 atom stereocenters. The van der Waals surface area contributed by atoms with Crippen LogP contribution in [0.25, 0.3) is 0 Å². The van der Waals surface area contributed by atoms with Gasteiger partial charge in [-0.05, 0) is 17.9 Å². The average molecular weight is 283 g/mol. The Kier molecular flexibility index (Phi) is 6.65. The summed E-state index contributed by atoms with van der Waals surface area (Å²) in [6, 6.07) is 9.83. The molecule has 1 aromatic carbocycles. The van der Waals surface area contributed by atoms with Gasteiger partial charge in [-0.3, -0.25) is 4.79 Å². The zero-order chi connectivity index (χ0) is 13.5. The van der Waals surface area contributed by atoms with E-state index in [1.807, 2.05) is 30.3 Å². The van der Waals surface area contributed by atoms with E-state index >= 15 is 0 Å². The first-order chi connectivity index (χ1) is 8.54. The Bertz CT molecular complexity index is 367. The molecule has 1 amide bonds. The molecule has 2 nitrogen and oxygen atoms in total. The van der Waals surface area contributed by atoms with Crippen molar-refractivity contribution < 1.29 is 4.79 Å². The molecule has 0 spiro atoms. The quantitative estimate of drug-likeness (QED) is 0.688. The van der Waals surface area contributed by atoms with Crippen LogP contribution in [0, 0.1) is 5.92 Å². The molecular weight excluding hydrogens is 262 g/mol. The molecule has 1 aromatic rings. The minimum Gasteiger partial charge on any atom is -0.348 e. The summed E-state index contributed by atoms with van der Waals surface area (Å²) in [6.07, 6.45) is 0.781. The van der Waals surface area contributed by atoms with Crippen LogP contribution in [0.4, 0.5) is 0 Å². The molecule has 0 aliphatic rings. The van der Waals surface area contributed by atoms with E-state index in [-0.39, 0.29) is 17.2 Å². The summed E-state index contributed by atoms with van der Waals surface area (Å²) < 4.78 is 0. The van der Waals surface area contributed by atoms with Crippen LogP contribution in [0.5, 0.6) is 0 Å². The molecule has 0 aliphatic heterocycles. The van der Waals surface area contributed by atoms with Crippen molar-refractivity contribution >= 4 is 31.2 Å². The summed E-state index contributed by atoms with van der Waals surface area (Å²) in [5.74, 6) is 1.03. The average Bonchev–Trinajstić information content (AvgIpc) is 2.35. The van der Waals surface area contributed by atoms with Gasteiger partial charge in [0.1, 0.15) is 0 Å². The smallest absolute Gasteiger partial charge is 0.233 e. The molecule has 100 valence electrons. The lowest BCUT2D eigenvalue weighted by Gasteiger charge is -2.20. The molecule has 0 saturated carbocycles. The van der Waals surface area contributed by atoms with E-state index in [1.54, 1.807) is 0 Å². The second kappa shape index (κ2) is 7.74. The fraction of sp³-hybridized carbons (Fsp3) is 0.500. The van der Waals surface area contributed by atoms with Gasteiger partial charge in [-0.15, -0.1) is 0 Å². The van der Waals surface area contributed by atoms with Crippen molar-refractivity contribution in [2.75, 3.05) is 5.75 Å². The Morgan fingerprint density at radius 1 is 1.28 bits per heavy atom. The second-order valence-corrected chi connectivity index (χ2v) is 5.79. The molecule has 0 unspecified atom stereocenters. The van der Waals surface area contributed by atoms with Gasteiger partial charge in [0.05, 0.1) is 11.3 Å². The lowest BCUT2D eigenvalue weighted by molar-refractivity contribution is -0.121. The van der Waals surface area contributed by atoms with Crippen LogP contribution in [0.2, 0.25) is 0 Å². The standard InChI is InChI=1S/C14H21NOS2/c1-10(2)8-13(18)14(16)15-12(9-17)11-6-4-3-5-7-11/h3-7,10,12-13,17-18H,8-9H2,1-2H3,(H,15,16)/t12-,13-/m1/s1. The zero-order valence-corrected chi connectivity index (χ0v) is 12.6. The van der Waals surface area contributed by atoms with Crippen molar-refractivity contribution in [3.63, 3.8) is 0 Å². The number of rotatable bonds is 6. The number of hydrogen-bond acceptors (Lipinski definition) is 3. The van der Waals surface area contributed by atoms with Crippen molar-refractivity contribution in [2.45, 2.75) is 31.6 Å². The van der Waals surface area contributed by atoms with Gasteiger partial charge >= 0.3 is 0 Å². The summed E-state index contributed by atoms with van der Waals surface area (Å²) >= 11 is 8.65. The van der Waals surface area contributed by atoms with E-state index < -0.39 is 0 Å².